The zero-order valence-electron chi connectivity index (χ0n) is 19.5. The number of carbonyl (C=O) groups is 1. The molecule has 0 saturated carbocycles. The summed E-state index contributed by atoms with van der Waals surface area (Å²) in [6.45, 7) is 6.86. The van der Waals surface area contributed by atoms with Crippen molar-refractivity contribution >= 4 is 16.7 Å². The maximum absolute atomic E-state index is 13.0. The van der Waals surface area contributed by atoms with Crippen molar-refractivity contribution in [3.05, 3.63) is 83.4 Å². The first-order chi connectivity index (χ1) is 16.2. The van der Waals surface area contributed by atoms with Crippen LogP contribution in [0.15, 0.2) is 66.7 Å². The smallest absolute Gasteiger partial charge is 0.224 e. The number of hydrogen-bond donors (Lipinski definition) is 1. The Hall–Kier alpha value is -2.69. The van der Waals surface area contributed by atoms with E-state index < -0.39 is 0 Å². The van der Waals surface area contributed by atoms with Gasteiger partial charge in [-0.25, -0.2) is 0 Å². The minimum absolute atomic E-state index is 0.0708. The number of likely N-dealkylation sites (tertiary alicyclic amines) is 2. The average Bonchev–Trinajstić information content (AvgIpc) is 3.36. The van der Waals surface area contributed by atoms with Crippen LogP contribution < -0.4 is 5.32 Å². The van der Waals surface area contributed by atoms with E-state index in [1.807, 2.05) is 0 Å². The quantitative estimate of drug-likeness (QED) is 0.563. The van der Waals surface area contributed by atoms with Gasteiger partial charge in [-0.1, -0.05) is 66.7 Å². The summed E-state index contributed by atoms with van der Waals surface area (Å²) in [6, 6.07) is 23.8. The Labute approximate surface area is 197 Å². The molecule has 3 aromatic carbocycles. The molecule has 5 rings (SSSR count). The molecule has 0 aromatic heterocycles. The van der Waals surface area contributed by atoms with Gasteiger partial charge in [0.05, 0.1) is 5.92 Å². The monoisotopic (exact) mass is 441 g/mol. The first-order valence-corrected chi connectivity index (χ1v) is 12.5. The molecule has 1 amide bonds. The van der Waals surface area contributed by atoms with Crippen LogP contribution in [0.1, 0.15) is 42.4 Å². The van der Waals surface area contributed by atoms with E-state index in [2.05, 4.69) is 81.8 Å². The van der Waals surface area contributed by atoms with E-state index in [0.717, 1.165) is 39.0 Å². The fraction of sp³-hybridized carbons (Fsp3) is 0.414. The molecular weight excluding hydrogens is 406 g/mol. The van der Waals surface area contributed by atoms with E-state index in [0.29, 0.717) is 6.54 Å². The van der Waals surface area contributed by atoms with E-state index in [1.54, 1.807) is 0 Å². The van der Waals surface area contributed by atoms with Gasteiger partial charge in [-0.3, -0.25) is 14.6 Å². The van der Waals surface area contributed by atoms with Crippen LogP contribution in [-0.2, 0) is 24.4 Å². The minimum Gasteiger partial charge on any atom is -0.352 e. The average molecular weight is 442 g/mol. The lowest BCUT2D eigenvalue weighted by molar-refractivity contribution is -0.126. The molecular formula is C29H35N3O. The number of nitrogens with zero attached hydrogens (tertiary/aromatic N) is 2. The fourth-order valence-electron chi connectivity index (χ4n) is 5.45. The van der Waals surface area contributed by atoms with E-state index >= 15 is 0 Å². The summed E-state index contributed by atoms with van der Waals surface area (Å²) >= 11 is 0. The van der Waals surface area contributed by atoms with Gasteiger partial charge in [0.2, 0.25) is 5.91 Å². The predicted molar refractivity (Wildman–Crippen MR) is 135 cm³/mol. The van der Waals surface area contributed by atoms with Crippen LogP contribution in [-0.4, -0.2) is 41.9 Å². The fourth-order valence-corrected chi connectivity index (χ4v) is 5.45. The second-order valence-corrected chi connectivity index (χ2v) is 9.73. The van der Waals surface area contributed by atoms with Gasteiger partial charge in [-0.2, -0.15) is 0 Å². The predicted octanol–water partition coefficient (Wildman–Crippen LogP) is 4.96. The highest BCUT2D eigenvalue weighted by Gasteiger charge is 2.26. The first kappa shape index (κ1) is 22.1. The highest BCUT2D eigenvalue weighted by Crippen LogP contribution is 2.24. The van der Waals surface area contributed by atoms with Gasteiger partial charge in [-0.05, 0) is 72.8 Å². The zero-order valence-corrected chi connectivity index (χ0v) is 19.5. The third-order valence-corrected chi connectivity index (χ3v) is 7.21. The molecule has 0 radical (unpaired) electrons. The molecule has 4 heteroatoms. The standard InChI is InChI=1S/C29H35N3O/c33-29(30-19-23-8-5-9-24(18-23)20-31-15-3-4-16-31)27-13-7-17-32(22-27)21-26-12-6-11-25-10-1-2-14-28(25)26/h1-2,5-6,8-12,14,18,27H,3-4,7,13,15-17,19-22H2,(H,30,33). The van der Waals surface area contributed by atoms with Gasteiger partial charge >= 0.3 is 0 Å². The SMILES string of the molecule is O=C(NCc1cccc(CN2CCCC2)c1)C1CCCN(Cc2cccc3ccccc23)C1. The molecule has 0 spiro atoms. The Kier molecular flexibility index (Phi) is 7.03. The molecule has 2 aliphatic rings. The first-order valence-electron chi connectivity index (χ1n) is 12.5. The van der Waals surface area contributed by atoms with E-state index in [9.17, 15) is 4.79 Å². The van der Waals surface area contributed by atoms with Crippen molar-refractivity contribution in [2.75, 3.05) is 26.2 Å². The highest BCUT2D eigenvalue weighted by molar-refractivity contribution is 5.85. The number of carbonyl (C=O) groups excluding carboxylic acids is 1. The van der Waals surface area contributed by atoms with E-state index in [-0.39, 0.29) is 11.8 Å². The Morgan fingerprint density at radius 2 is 1.58 bits per heavy atom. The van der Waals surface area contributed by atoms with Gasteiger partial charge < -0.3 is 5.32 Å². The summed E-state index contributed by atoms with van der Waals surface area (Å²) in [5.41, 5.74) is 3.90. The molecule has 33 heavy (non-hydrogen) atoms. The Morgan fingerprint density at radius 1 is 0.818 bits per heavy atom. The molecule has 0 aliphatic carbocycles. The Morgan fingerprint density at radius 3 is 2.48 bits per heavy atom. The topological polar surface area (TPSA) is 35.6 Å². The summed E-state index contributed by atoms with van der Waals surface area (Å²) in [5, 5.41) is 5.83. The third kappa shape index (κ3) is 5.63. The minimum atomic E-state index is 0.0708. The van der Waals surface area contributed by atoms with Crippen molar-refractivity contribution in [3.63, 3.8) is 0 Å². The van der Waals surface area contributed by atoms with Crippen molar-refractivity contribution in [3.8, 4) is 0 Å². The van der Waals surface area contributed by atoms with Crippen LogP contribution in [0, 0.1) is 5.92 Å². The van der Waals surface area contributed by atoms with Crippen molar-refractivity contribution in [2.45, 2.75) is 45.3 Å². The molecule has 2 heterocycles. The second-order valence-electron chi connectivity index (χ2n) is 9.73. The number of benzene rings is 3. The number of fused-ring (bicyclic) bond motifs is 1. The number of piperidine rings is 1. The van der Waals surface area contributed by atoms with E-state index in [1.165, 1.54) is 53.4 Å². The summed E-state index contributed by atoms with van der Waals surface area (Å²) in [5.74, 6) is 0.268. The molecule has 2 saturated heterocycles. The maximum Gasteiger partial charge on any atom is 0.224 e. The van der Waals surface area contributed by atoms with Crippen LogP contribution in [0.25, 0.3) is 10.8 Å². The van der Waals surface area contributed by atoms with Crippen molar-refractivity contribution in [2.24, 2.45) is 5.92 Å². The normalized spacial score (nSPS) is 19.7. The van der Waals surface area contributed by atoms with Crippen LogP contribution in [0.2, 0.25) is 0 Å². The molecule has 4 nitrogen and oxygen atoms in total. The van der Waals surface area contributed by atoms with Gasteiger partial charge in [-0.15, -0.1) is 0 Å². The Bertz CT molecular complexity index is 1080. The van der Waals surface area contributed by atoms with Crippen LogP contribution in [0.3, 0.4) is 0 Å². The summed E-state index contributed by atoms with van der Waals surface area (Å²) in [4.78, 5) is 18.0. The van der Waals surface area contributed by atoms with Gasteiger partial charge in [0.25, 0.3) is 0 Å². The molecule has 2 fully saturated rings. The largest absolute Gasteiger partial charge is 0.352 e. The summed E-state index contributed by atoms with van der Waals surface area (Å²) in [6.07, 6.45) is 4.68. The molecule has 1 unspecified atom stereocenters. The van der Waals surface area contributed by atoms with Crippen molar-refractivity contribution in [1.82, 2.24) is 15.1 Å². The van der Waals surface area contributed by atoms with Gasteiger partial charge in [0.15, 0.2) is 0 Å². The lowest BCUT2D eigenvalue weighted by Gasteiger charge is -2.32. The van der Waals surface area contributed by atoms with Crippen molar-refractivity contribution in [1.29, 1.82) is 0 Å². The maximum atomic E-state index is 13.0. The van der Waals surface area contributed by atoms with Gasteiger partial charge in [0, 0.05) is 26.2 Å². The molecule has 172 valence electrons. The highest BCUT2D eigenvalue weighted by atomic mass is 16.1. The van der Waals surface area contributed by atoms with Crippen LogP contribution in [0.5, 0.6) is 0 Å². The number of rotatable bonds is 7. The Balaban J connectivity index is 1.16. The lowest BCUT2D eigenvalue weighted by Crippen LogP contribution is -2.42. The third-order valence-electron chi connectivity index (χ3n) is 7.21. The second kappa shape index (κ2) is 10.5. The molecule has 3 aromatic rings. The van der Waals surface area contributed by atoms with Crippen LogP contribution in [0.4, 0.5) is 0 Å². The lowest BCUT2D eigenvalue weighted by atomic mass is 9.96. The molecule has 1 atom stereocenters. The zero-order chi connectivity index (χ0) is 22.5. The van der Waals surface area contributed by atoms with E-state index in [4.69, 9.17) is 0 Å². The summed E-state index contributed by atoms with van der Waals surface area (Å²) in [7, 11) is 0. The summed E-state index contributed by atoms with van der Waals surface area (Å²) < 4.78 is 0. The number of nitrogens with one attached hydrogen (secondary N) is 1. The molecule has 0 bridgehead atoms. The van der Waals surface area contributed by atoms with Gasteiger partial charge in [0.1, 0.15) is 0 Å². The number of hydrogen-bond acceptors (Lipinski definition) is 3. The number of amides is 1. The van der Waals surface area contributed by atoms with Crippen LogP contribution >= 0.6 is 0 Å². The van der Waals surface area contributed by atoms with Crippen molar-refractivity contribution < 1.29 is 4.79 Å². The molecule has 1 N–H and O–H groups in total. The molecule has 2 aliphatic heterocycles.